The van der Waals surface area contributed by atoms with Crippen LogP contribution in [-0.4, -0.2) is 58.0 Å². The van der Waals surface area contributed by atoms with Crippen molar-refractivity contribution in [2.24, 2.45) is 0 Å². The van der Waals surface area contributed by atoms with E-state index in [-0.39, 0.29) is 17.2 Å². The van der Waals surface area contributed by atoms with E-state index in [1.165, 1.54) is 42.7 Å². The fraction of sp³-hybridized carbons (Fsp3) is 0.250. The van der Waals surface area contributed by atoms with Crippen molar-refractivity contribution in [2.45, 2.75) is 0 Å². The van der Waals surface area contributed by atoms with Gasteiger partial charge in [-0.05, 0) is 36.4 Å². The lowest BCUT2D eigenvalue weighted by Crippen LogP contribution is -2.01. The molecule has 3 N–H and O–H groups in total. The first-order chi connectivity index (χ1) is 16.3. The Hall–Kier alpha value is -3.71. The van der Waals surface area contributed by atoms with Crippen LogP contribution < -0.4 is 33.7 Å². The molecule has 0 bridgehead atoms. The third-order valence-corrected chi connectivity index (χ3v) is 4.75. The average molecular weight is 494 g/mol. The molecule has 0 amide bonds. The quantitative estimate of drug-likeness (QED) is 0.441. The normalized spacial score (nSPS) is 9.38. The monoisotopic (exact) mass is 494 g/mol. The molecule has 0 fully saturated rings. The standard InChI is InChI=1S/C8H11O3P.2C8H10O3/c1-10-7-5(9)3-4-6(12)8(7)11-2;2*1-10-7-5-3-4-6(9)8(7)11-2/h3-4,9H,12H2,1-2H3;2*3-5,9H,1-2H3. The molecule has 0 saturated carbocycles. The Kier molecular flexibility index (Phi) is 12.0. The summed E-state index contributed by atoms with van der Waals surface area (Å²) in [6.45, 7) is 0. The van der Waals surface area contributed by atoms with Gasteiger partial charge in [0.15, 0.2) is 34.5 Å². The smallest absolute Gasteiger partial charge is 0.203 e. The molecule has 1 atom stereocenters. The zero-order chi connectivity index (χ0) is 25.7. The minimum atomic E-state index is 0.0838. The van der Waals surface area contributed by atoms with E-state index >= 15 is 0 Å². The lowest BCUT2D eigenvalue weighted by Gasteiger charge is -2.10. The van der Waals surface area contributed by atoms with Gasteiger partial charge < -0.3 is 43.7 Å². The molecule has 0 saturated heterocycles. The molecule has 34 heavy (non-hydrogen) atoms. The lowest BCUT2D eigenvalue weighted by atomic mass is 10.3. The highest BCUT2D eigenvalue weighted by molar-refractivity contribution is 7.27. The first-order valence-corrected chi connectivity index (χ1v) is 10.4. The molecular formula is C24H31O9P. The molecular weight excluding hydrogens is 463 g/mol. The lowest BCUT2D eigenvalue weighted by molar-refractivity contribution is 0.333. The highest BCUT2D eigenvalue weighted by Crippen LogP contribution is 2.36. The van der Waals surface area contributed by atoms with E-state index < -0.39 is 0 Å². The molecule has 9 nitrogen and oxygen atoms in total. The van der Waals surface area contributed by atoms with E-state index in [2.05, 4.69) is 9.24 Å². The van der Waals surface area contributed by atoms with Crippen LogP contribution in [0.2, 0.25) is 0 Å². The maximum absolute atomic E-state index is 9.33. The fourth-order valence-electron chi connectivity index (χ4n) is 2.72. The zero-order valence-electron chi connectivity index (χ0n) is 20.0. The predicted octanol–water partition coefficient (Wildman–Crippen LogP) is 3.73. The first kappa shape index (κ1) is 28.3. The van der Waals surface area contributed by atoms with Gasteiger partial charge in [-0.1, -0.05) is 12.1 Å². The van der Waals surface area contributed by atoms with Gasteiger partial charge in [-0.2, -0.15) is 0 Å². The van der Waals surface area contributed by atoms with E-state index in [1.54, 1.807) is 48.5 Å². The van der Waals surface area contributed by atoms with Crippen molar-refractivity contribution in [3.8, 4) is 51.7 Å². The second-order valence-electron chi connectivity index (χ2n) is 6.27. The maximum atomic E-state index is 9.33. The van der Waals surface area contributed by atoms with E-state index in [4.69, 9.17) is 28.4 Å². The molecule has 3 rings (SSSR count). The number of phenols is 3. The Morgan fingerprint density at radius 3 is 1.15 bits per heavy atom. The number of phenolic OH excluding ortho intramolecular Hbond substituents is 3. The summed E-state index contributed by atoms with van der Waals surface area (Å²) in [5.74, 6) is 2.98. The Balaban J connectivity index is 0.000000255. The molecule has 10 heteroatoms. The van der Waals surface area contributed by atoms with Crippen molar-refractivity contribution >= 4 is 14.5 Å². The number of aromatic hydroxyl groups is 3. The summed E-state index contributed by atoms with van der Waals surface area (Å²) >= 11 is 0. The number of hydrogen-bond acceptors (Lipinski definition) is 9. The largest absolute Gasteiger partial charge is 0.504 e. The maximum Gasteiger partial charge on any atom is 0.203 e. The second kappa shape index (κ2) is 14.4. The minimum Gasteiger partial charge on any atom is -0.504 e. The molecule has 0 aliphatic heterocycles. The molecule has 0 aliphatic carbocycles. The van der Waals surface area contributed by atoms with Crippen molar-refractivity contribution in [1.82, 2.24) is 0 Å². The molecule has 0 aromatic heterocycles. The van der Waals surface area contributed by atoms with Crippen LogP contribution in [0.4, 0.5) is 0 Å². The van der Waals surface area contributed by atoms with Crippen LogP contribution in [0.3, 0.4) is 0 Å². The fourth-order valence-corrected chi connectivity index (χ4v) is 3.06. The summed E-state index contributed by atoms with van der Waals surface area (Å²) < 4.78 is 29.6. The predicted molar refractivity (Wildman–Crippen MR) is 133 cm³/mol. The van der Waals surface area contributed by atoms with Gasteiger partial charge >= 0.3 is 0 Å². The molecule has 0 spiro atoms. The highest BCUT2D eigenvalue weighted by atomic mass is 31.0. The van der Waals surface area contributed by atoms with Crippen molar-refractivity contribution < 1.29 is 43.7 Å². The van der Waals surface area contributed by atoms with Gasteiger partial charge in [-0.25, -0.2) is 0 Å². The van der Waals surface area contributed by atoms with Crippen LogP contribution in [0.1, 0.15) is 0 Å². The summed E-state index contributed by atoms with van der Waals surface area (Å²) in [5, 5.41) is 28.6. The van der Waals surface area contributed by atoms with Crippen LogP contribution in [0, 0.1) is 0 Å². The number of ether oxygens (including phenoxy) is 6. The van der Waals surface area contributed by atoms with Crippen LogP contribution in [-0.2, 0) is 0 Å². The number of para-hydroxylation sites is 2. The number of methoxy groups -OCH3 is 6. The number of rotatable bonds is 6. The van der Waals surface area contributed by atoms with E-state index in [0.29, 0.717) is 34.5 Å². The number of benzene rings is 3. The van der Waals surface area contributed by atoms with Crippen LogP contribution >= 0.6 is 9.24 Å². The van der Waals surface area contributed by atoms with Gasteiger partial charge in [0.25, 0.3) is 0 Å². The third-order valence-electron chi connectivity index (χ3n) is 4.29. The first-order valence-electron chi connectivity index (χ1n) is 9.78. The van der Waals surface area contributed by atoms with Crippen molar-refractivity contribution in [3.63, 3.8) is 0 Å². The van der Waals surface area contributed by atoms with Gasteiger partial charge in [0.2, 0.25) is 17.2 Å². The Morgan fingerprint density at radius 2 is 0.853 bits per heavy atom. The molecule has 3 aromatic rings. The summed E-state index contributed by atoms with van der Waals surface area (Å²) in [7, 11) is 11.5. The van der Waals surface area contributed by atoms with Gasteiger partial charge in [0.05, 0.1) is 42.7 Å². The SMILES string of the molecule is COc1c(O)ccc(P)c1OC.COc1cccc(O)c1OC.COc1cccc(O)c1OC. The van der Waals surface area contributed by atoms with Gasteiger partial charge in [-0.3, -0.25) is 0 Å². The zero-order valence-corrected chi connectivity index (χ0v) is 21.1. The topological polar surface area (TPSA) is 116 Å². The Morgan fingerprint density at radius 1 is 0.471 bits per heavy atom. The van der Waals surface area contributed by atoms with Crippen molar-refractivity contribution in [3.05, 3.63) is 48.5 Å². The minimum absolute atomic E-state index is 0.0838. The van der Waals surface area contributed by atoms with E-state index in [9.17, 15) is 15.3 Å². The molecule has 0 aliphatic rings. The Labute approximate surface area is 201 Å². The van der Waals surface area contributed by atoms with Crippen LogP contribution in [0.5, 0.6) is 51.7 Å². The summed E-state index contributed by atoms with van der Waals surface area (Å²) in [6.07, 6.45) is 0. The number of hydrogen-bond donors (Lipinski definition) is 3. The third kappa shape index (κ3) is 7.42. The van der Waals surface area contributed by atoms with Crippen LogP contribution in [0.15, 0.2) is 48.5 Å². The van der Waals surface area contributed by atoms with Crippen LogP contribution in [0.25, 0.3) is 0 Å². The van der Waals surface area contributed by atoms with E-state index in [0.717, 1.165) is 5.30 Å². The van der Waals surface area contributed by atoms with E-state index in [1.807, 2.05) is 0 Å². The molecule has 3 aromatic carbocycles. The van der Waals surface area contributed by atoms with Crippen molar-refractivity contribution in [2.75, 3.05) is 42.7 Å². The summed E-state index contributed by atoms with van der Waals surface area (Å²) in [5.41, 5.74) is 0. The van der Waals surface area contributed by atoms with Crippen molar-refractivity contribution in [1.29, 1.82) is 0 Å². The molecule has 1 unspecified atom stereocenters. The Bertz CT molecular complexity index is 959. The van der Waals surface area contributed by atoms with Gasteiger partial charge in [0.1, 0.15) is 0 Å². The van der Waals surface area contributed by atoms with Gasteiger partial charge in [-0.15, -0.1) is 9.24 Å². The average Bonchev–Trinajstić information content (AvgIpc) is 2.85. The summed E-state index contributed by atoms with van der Waals surface area (Å²) in [4.78, 5) is 0. The summed E-state index contributed by atoms with van der Waals surface area (Å²) in [6, 6.07) is 13.2. The molecule has 0 radical (unpaired) electrons. The molecule has 186 valence electrons. The van der Waals surface area contributed by atoms with Gasteiger partial charge in [0, 0.05) is 5.30 Å². The highest BCUT2D eigenvalue weighted by Gasteiger charge is 2.11. The molecule has 0 heterocycles. The second-order valence-corrected chi connectivity index (χ2v) is 6.89.